The van der Waals surface area contributed by atoms with Crippen LogP contribution in [-0.2, 0) is 19.1 Å². The number of carboxylic acids is 1. The maximum Gasteiger partial charge on any atom is 0.407 e. The molecule has 3 amide bonds. The van der Waals surface area contributed by atoms with Gasteiger partial charge in [0.25, 0.3) is 0 Å². The van der Waals surface area contributed by atoms with E-state index in [1.165, 1.54) is 4.90 Å². The average molecular weight is 697 g/mol. The fraction of sp³-hybridized carbons (Fsp3) is 0.583. The Labute approximate surface area is 290 Å². The van der Waals surface area contributed by atoms with Gasteiger partial charge < -0.3 is 34.9 Å². The Kier molecular flexibility index (Phi) is 10.5. The molecule has 3 N–H and O–H groups in total. The van der Waals surface area contributed by atoms with E-state index in [0.29, 0.717) is 34.0 Å². The lowest BCUT2D eigenvalue weighted by molar-refractivity contribution is -0.145. The first-order valence-corrected chi connectivity index (χ1v) is 17.8. The van der Waals surface area contributed by atoms with E-state index in [2.05, 4.69) is 15.6 Å². The van der Waals surface area contributed by atoms with Crippen molar-refractivity contribution >= 4 is 46.4 Å². The highest BCUT2D eigenvalue weighted by molar-refractivity contribution is 6.35. The number of nitrogens with zero attached hydrogens (tertiary/aromatic N) is 2. The number of amides is 3. The number of nitrogens with one attached hydrogen (secondary N) is 2. The van der Waals surface area contributed by atoms with Crippen LogP contribution in [-0.4, -0.2) is 81.3 Å². The number of fused-ring (bicyclic) bond motifs is 3. The molecule has 1 saturated heterocycles. The second kappa shape index (κ2) is 14.8. The molecule has 3 fully saturated rings. The van der Waals surface area contributed by atoms with E-state index < -0.39 is 41.7 Å². The van der Waals surface area contributed by atoms with Gasteiger partial charge in [-0.1, -0.05) is 36.2 Å². The van der Waals surface area contributed by atoms with Crippen molar-refractivity contribution in [2.75, 3.05) is 6.54 Å². The molecule has 2 aliphatic carbocycles. The fourth-order valence-electron chi connectivity index (χ4n) is 7.24. The van der Waals surface area contributed by atoms with Gasteiger partial charge in [0.1, 0.15) is 29.5 Å². The topological polar surface area (TPSA) is 156 Å². The number of halogens is 1. The number of para-hydroxylation sites is 1. The Morgan fingerprint density at radius 3 is 2.65 bits per heavy atom. The molecule has 0 bridgehead atoms. The monoisotopic (exact) mass is 696 g/mol. The second-order valence-electron chi connectivity index (χ2n) is 13.9. The van der Waals surface area contributed by atoms with E-state index in [-0.39, 0.29) is 49.8 Å². The predicted molar refractivity (Wildman–Crippen MR) is 182 cm³/mol. The molecule has 2 saturated carbocycles. The summed E-state index contributed by atoms with van der Waals surface area (Å²) in [7, 11) is 0. The van der Waals surface area contributed by atoms with Crippen LogP contribution in [0.25, 0.3) is 10.9 Å². The van der Waals surface area contributed by atoms with Crippen molar-refractivity contribution in [2.45, 2.75) is 120 Å². The van der Waals surface area contributed by atoms with Gasteiger partial charge in [-0.3, -0.25) is 9.59 Å². The van der Waals surface area contributed by atoms with E-state index in [9.17, 15) is 24.3 Å². The van der Waals surface area contributed by atoms with Crippen LogP contribution in [0.3, 0.4) is 0 Å². The number of rotatable bonds is 7. The number of aromatic nitrogens is 1. The summed E-state index contributed by atoms with van der Waals surface area (Å²) in [4.78, 5) is 59.3. The number of alkyl carbamates (subject to hydrolysis) is 1. The number of hydrogen-bond acceptors (Lipinski definition) is 8. The first kappa shape index (κ1) is 34.8. The highest BCUT2D eigenvalue weighted by Crippen LogP contribution is 2.45. The number of carbonyl (C=O) groups is 4. The van der Waals surface area contributed by atoms with E-state index in [1.54, 1.807) is 18.2 Å². The minimum Gasteiger partial charge on any atom is -0.488 e. The van der Waals surface area contributed by atoms with Gasteiger partial charge in [-0.05, 0) is 77.3 Å². The molecule has 1 aromatic heterocycles. The lowest BCUT2D eigenvalue weighted by Crippen LogP contribution is -2.53. The fourth-order valence-corrected chi connectivity index (χ4v) is 7.45. The third-order valence-corrected chi connectivity index (χ3v) is 10.2. The van der Waals surface area contributed by atoms with Crippen molar-refractivity contribution in [3.63, 3.8) is 0 Å². The Balaban J connectivity index is 1.27. The smallest absolute Gasteiger partial charge is 0.407 e. The molecule has 0 radical (unpaired) electrons. The zero-order valence-electron chi connectivity index (χ0n) is 28.0. The Morgan fingerprint density at radius 2 is 1.90 bits per heavy atom. The van der Waals surface area contributed by atoms with Gasteiger partial charge in [0.15, 0.2) is 0 Å². The highest BCUT2D eigenvalue weighted by Gasteiger charge is 2.61. The van der Waals surface area contributed by atoms with Crippen molar-refractivity contribution in [1.82, 2.24) is 20.5 Å². The van der Waals surface area contributed by atoms with Crippen molar-refractivity contribution in [2.24, 2.45) is 5.92 Å². The van der Waals surface area contributed by atoms with Crippen LogP contribution >= 0.6 is 11.6 Å². The summed E-state index contributed by atoms with van der Waals surface area (Å²) < 4.78 is 18.0. The lowest BCUT2D eigenvalue weighted by Gasteiger charge is -2.27. The predicted octanol–water partition coefficient (Wildman–Crippen LogP) is 5.54. The number of hydrogen-bond donors (Lipinski definition) is 3. The van der Waals surface area contributed by atoms with Crippen LogP contribution in [0, 0.1) is 5.92 Å². The molecule has 2 aromatic rings. The van der Waals surface area contributed by atoms with Crippen LogP contribution in [0.4, 0.5) is 4.79 Å². The van der Waals surface area contributed by atoms with Crippen LogP contribution < -0.4 is 20.1 Å². The van der Waals surface area contributed by atoms with Crippen LogP contribution in [0.1, 0.15) is 84.5 Å². The molecule has 12 nitrogen and oxygen atoms in total. The Bertz CT molecular complexity index is 1610. The Morgan fingerprint density at radius 1 is 1.12 bits per heavy atom. The number of ether oxygens (including phenoxy) is 3. The summed E-state index contributed by atoms with van der Waals surface area (Å²) in [5.41, 5.74) is -0.926. The summed E-state index contributed by atoms with van der Waals surface area (Å²) in [5.74, 6) is -1.58. The number of carbonyl (C=O) groups excluding carboxylic acids is 3. The van der Waals surface area contributed by atoms with Crippen molar-refractivity contribution in [3.05, 3.63) is 41.4 Å². The van der Waals surface area contributed by atoms with Crippen molar-refractivity contribution in [1.29, 1.82) is 0 Å². The quantitative estimate of drug-likeness (QED) is 0.316. The lowest BCUT2D eigenvalue weighted by atomic mass is 10.0. The SMILES string of the molecule is CC(C)Oc1cc(O[C@@H]2C[C@H]3C(=O)N[C@]4(C(=O)O)C[C@@H]4/C=C\CCCC[C@H](NC(=O)OC4CCCC4)CC(=O)N3C2)c2cccc(Cl)c2n1. The van der Waals surface area contributed by atoms with Gasteiger partial charge in [-0.25, -0.2) is 14.6 Å². The molecule has 0 unspecified atom stereocenters. The first-order chi connectivity index (χ1) is 23.5. The third kappa shape index (κ3) is 8.06. The molecule has 13 heteroatoms. The minimum absolute atomic E-state index is 0.0427. The summed E-state index contributed by atoms with van der Waals surface area (Å²) in [6.07, 6.45) is 9.27. The van der Waals surface area contributed by atoms with Gasteiger partial charge in [-0.2, -0.15) is 0 Å². The van der Waals surface area contributed by atoms with E-state index >= 15 is 0 Å². The van der Waals surface area contributed by atoms with Gasteiger partial charge in [0, 0.05) is 36.3 Å². The number of pyridine rings is 1. The maximum atomic E-state index is 14.1. The van der Waals surface area contributed by atoms with Crippen LogP contribution in [0.2, 0.25) is 5.02 Å². The third-order valence-electron chi connectivity index (χ3n) is 9.87. The molecule has 49 heavy (non-hydrogen) atoms. The summed E-state index contributed by atoms with van der Waals surface area (Å²) in [6, 6.07) is 5.52. The summed E-state index contributed by atoms with van der Waals surface area (Å²) >= 11 is 6.50. The van der Waals surface area contributed by atoms with Gasteiger partial charge in [0.05, 0.1) is 23.2 Å². The standard InChI is InChI=1S/C36H45ClN4O8/c1-21(2)47-30-18-29(26-14-9-15-27(37)32(26)39-30)48-25-17-28-33(43)40-36(34(44)45)19-22(36)10-5-3-4-6-11-23(16-31(42)41(28)20-25)38-35(46)49-24-12-7-8-13-24/h5,9-10,14-15,18,21-25,28H,3-4,6-8,11-13,16-17,19-20H2,1-2H3,(H,38,46)(H,40,43)(H,44,45)/b10-5-/t22-,23-,25+,28-,36+/m0/s1. The van der Waals surface area contributed by atoms with Gasteiger partial charge in [0.2, 0.25) is 17.7 Å². The maximum absolute atomic E-state index is 14.1. The van der Waals surface area contributed by atoms with Crippen LogP contribution in [0.5, 0.6) is 11.6 Å². The highest BCUT2D eigenvalue weighted by atomic mass is 35.5. The minimum atomic E-state index is -1.42. The second-order valence-corrected chi connectivity index (χ2v) is 14.4. The van der Waals surface area contributed by atoms with E-state index in [1.807, 2.05) is 32.1 Å². The van der Waals surface area contributed by atoms with Crippen molar-refractivity contribution in [3.8, 4) is 11.6 Å². The molecule has 2 aliphatic heterocycles. The molecule has 3 heterocycles. The largest absolute Gasteiger partial charge is 0.488 e. The number of aliphatic carboxylic acids is 1. The molecule has 1 aromatic carbocycles. The zero-order chi connectivity index (χ0) is 34.7. The molecule has 0 spiro atoms. The molecule has 4 aliphatic rings. The van der Waals surface area contributed by atoms with E-state index in [0.717, 1.165) is 44.9 Å². The normalized spacial score (nSPS) is 28.5. The van der Waals surface area contributed by atoms with Crippen molar-refractivity contribution < 1.29 is 38.5 Å². The van der Waals surface area contributed by atoms with Gasteiger partial charge >= 0.3 is 12.1 Å². The molecule has 264 valence electrons. The molecular formula is C36H45ClN4O8. The van der Waals surface area contributed by atoms with E-state index in [4.69, 9.17) is 25.8 Å². The zero-order valence-corrected chi connectivity index (χ0v) is 28.7. The number of benzene rings is 1. The average Bonchev–Trinajstić information content (AvgIpc) is 3.33. The summed E-state index contributed by atoms with van der Waals surface area (Å²) in [6.45, 7) is 3.84. The van der Waals surface area contributed by atoms with Crippen LogP contribution in [0.15, 0.2) is 36.4 Å². The Hall–Kier alpha value is -4.06. The molecule has 6 rings (SSSR count). The first-order valence-electron chi connectivity index (χ1n) is 17.4. The summed E-state index contributed by atoms with van der Waals surface area (Å²) in [5, 5.41) is 16.9. The number of carboxylic acid groups (broad SMARTS) is 1. The van der Waals surface area contributed by atoms with Gasteiger partial charge in [-0.15, -0.1) is 0 Å². The number of allylic oxidation sites excluding steroid dienone is 1. The molecular weight excluding hydrogens is 652 g/mol. The molecule has 5 atom stereocenters.